The summed E-state index contributed by atoms with van der Waals surface area (Å²) in [6.45, 7) is -0.0801. The maximum atomic E-state index is 13.9. The normalized spacial score (nSPS) is 29.3. The number of aliphatic hydroxyl groups is 1. The number of likely N-dealkylation sites (tertiary alicyclic amines) is 1. The number of hydrogen-bond acceptors (Lipinski definition) is 3. The third-order valence-corrected chi connectivity index (χ3v) is 4.79. The molecule has 24 heavy (non-hydrogen) atoms. The van der Waals surface area contributed by atoms with E-state index in [9.17, 15) is 27.5 Å². The second kappa shape index (κ2) is 6.00. The van der Waals surface area contributed by atoms with Gasteiger partial charge in [0.25, 0.3) is 0 Å². The van der Waals surface area contributed by atoms with E-state index < -0.39 is 36.1 Å². The van der Waals surface area contributed by atoms with Crippen LogP contribution in [0.25, 0.3) is 0 Å². The van der Waals surface area contributed by atoms with Gasteiger partial charge in [-0.25, -0.2) is 4.39 Å². The van der Waals surface area contributed by atoms with Crippen LogP contribution >= 0.6 is 0 Å². The van der Waals surface area contributed by atoms with Gasteiger partial charge in [0.1, 0.15) is 5.82 Å². The lowest BCUT2D eigenvalue weighted by Crippen LogP contribution is -2.60. The lowest BCUT2D eigenvalue weighted by Gasteiger charge is -2.42. The Morgan fingerprint density at radius 2 is 1.92 bits per heavy atom. The van der Waals surface area contributed by atoms with Crippen LogP contribution < -0.4 is 4.90 Å². The highest BCUT2D eigenvalue weighted by Gasteiger charge is 2.56. The number of alkyl halides is 3. The van der Waals surface area contributed by atoms with Crippen molar-refractivity contribution in [2.45, 2.75) is 37.1 Å². The molecule has 2 fully saturated rings. The van der Waals surface area contributed by atoms with Crippen molar-refractivity contribution in [2.75, 3.05) is 24.5 Å². The summed E-state index contributed by atoms with van der Waals surface area (Å²) in [7, 11) is 0. The zero-order valence-electron chi connectivity index (χ0n) is 12.9. The number of hydrogen-bond donors (Lipinski definition) is 1. The minimum Gasteiger partial charge on any atom is -0.379 e. The van der Waals surface area contributed by atoms with Crippen LogP contribution in [-0.2, 0) is 4.79 Å². The Morgan fingerprint density at radius 3 is 2.58 bits per heavy atom. The fraction of sp³-hybridized carbons (Fsp3) is 0.562. The Bertz CT molecular complexity index is 637. The van der Waals surface area contributed by atoms with Crippen LogP contribution in [0.2, 0.25) is 0 Å². The van der Waals surface area contributed by atoms with E-state index in [-0.39, 0.29) is 25.1 Å². The largest absolute Gasteiger partial charge is 0.418 e. The molecule has 132 valence electrons. The first kappa shape index (κ1) is 17.2. The van der Waals surface area contributed by atoms with Gasteiger partial charge in [-0.2, -0.15) is 13.2 Å². The summed E-state index contributed by atoms with van der Waals surface area (Å²) in [6.07, 6.45) is -4.65. The van der Waals surface area contributed by atoms with E-state index in [4.69, 9.17) is 0 Å². The lowest BCUT2D eigenvalue weighted by atomic mass is 9.91. The van der Waals surface area contributed by atoms with Gasteiger partial charge in [0, 0.05) is 13.1 Å². The molecule has 2 aliphatic heterocycles. The number of carbonyl (C=O) groups is 1. The van der Waals surface area contributed by atoms with E-state index in [1.54, 1.807) is 6.07 Å². The van der Waals surface area contributed by atoms with E-state index in [1.165, 1.54) is 28.0 Å². The van der Waals surface area contributed by atoms with Gasteiger partial charge in [-0.1, -0.05) is 12.1 Å². The Morgan fingerprint density at radius 1 is 1.21 bits per heavy atom. The first-order valence-corrected chi connectivity index (χ1v) is 7.82. The molecule has 0 aliphatic carbocycles. The van der Waals surface area contributed by atoms with Crippen molar-refractivity contribution in [3.8, 4) is 0 Å². The standard InChI is InChI=1S/C16H18F4N2O2/c17-11-4-1-2-5-12(11)22-9-6-13(14(22)23)21-8-3-7-15(24,10-21)16(18,19)20/h1-2,4-5,13,24H,3,6-10H2. The van der Waals surface area contributed by atoms with Gasteiger partial charge in [0.15, 0.2) is 5.60 Å². The fourth-order valence-electron chi connectivity index (χ4n) is 3.48. The Hall–Kier alpha value is -1.67. The molecule has 2 unspecified atom stereocenters. The molecule has 1 aromatic rings. The summed E-state index contributed by atoms with van der Waals surface area (Å²) in [5, 5.41) is 9.90. The zero-order chi connectivity index (χ0) is 17.5. The molecule has 0 radical (unpaired) electrons. The number of anilines is 1. The number of nitrogens with zero attached hydrogens (tertiary/aromatic N) is 2. The third-order valence-electron chi connectivity index (χ3n) is 4.79. The Balaban J connectivity index is 1.77. The number of para-hydroxylation sites is 1. The van der Waals surface area contributed by atoms with Crippen molar-refractivity contribution in [3.63, 3.8) is 0 Å². The van der Waals surface area contributed by atoms with Gasteiger partial charge in [-0.15, -0.1) is 0 Å². The summed E-state index contributed by atoms with van der Waals surface area (Å²) in [5.41, 5.74) is -2.66. The van der Waals surface area contributed by atoms with Crippen LogP contribution in [0.4, 0.5) is 23.2 Å². The second-order valence-corrected chi connectivity index (χ2v) is 6.35. The fourth-order valence-corrected chi connectivity index (χ4v) is 3.48. The van der Waals surface area contributed by atoms with Gasteiger partial charge in [0.2, 0.25) is 5.91 Å². The molecule has 2 aliphatic rings. The van der Waals surface area contributed by atoms with Crippen LogP contribution in [0.15, 0.2) is 24.3 Å². The molecule has 2 saturated heterocycles. The molecular formula is C16H18F4N2O2. The third kappa shape index (κ3) is 2.88. The number of piperidine rings is 1. The number of amides is 1. The molecule has 1 amide bonds. The van der Waals surface area contributed by atoms with Crippen LogP contribution in [0.3, 0.4) is 0 Å². The summed E-state index contributed by atoms with van der Waals surface area (Å²) in [5.74, 6) is -0.969. The van der Waals surface area contributed by atoms with Crippen molar-refractivity contribution >= 4 is 11.6 Å². The van der Waals surface area contributed by atoms with Crippen LogP contribution in [-0.4, -0.2) is 53.4 Å². The quantitative estimate of drug-likeness (QED) is 0.836. The van der Waals surface area contributed by atoms with Crippen molar-refractivity contribution in [3.05, 3.63) is 30.1 Å². The predicted octanol–water partition coefficient (Wildman–Crippen LogP) is 2.32. The van der Waals surface area contributed by atoms with Crippen LogP contribution in [0.5, 0.6) is 0 Å². The smallest absolute Gasteiger partial charge is 0.379 e. The molecule has 0 aromatic heterocycles. The van der Waals surface area contributed by atoms with Crippen molar-refractivity contribution in [1.29, 1.82) is 0 Å². The zero-order valence-corrected chi connectivity index (χ0v) is 12.9. The summed E-state index contributed by atoms with van der Waals surface area (Å²) in [4.78, 5) is 15.2. The number of rotatable bonds is 2. The van der Waals surface area contributed by atoms with Crippen LogP contribution in [0.1, 0.15) is 19.3 Å². The number of β-amino-alcohol motifs (C(OH)–C–C–N with tert-alkyl or cyclic N) is 1. The molecule has 8 heteroatoms. The van der Waals surface area contributed by atoms with E-state index in [1.807, 2.05) is 0 Å². The van der Waals surface area contributed by atoms with Gasteiger partial charge in [-0.3, -0.25) is 9.69 Å². The molecule has 0 bridgehead atoms. The van der Waals surface area contributed by atoms with Gasteiger partial charge in [-0.05, 0) is 37.9 Å². The maximum absolute atomic E-state index is 13.9. The molecule has 3 rings (SSSR count). The summed E-state index contributed by atoms with van der Waals surface area (Å²) in [6, 6.07) is 5.04. The summed E-state index contributed by atoms with van der Waals surface area (Å²) < 4.78 is 53.0. The molecule has 0 spiro atoms. The molecule has 1 N–H and O–H groups in total. The van der Waals surface area contributed by atoms with Gasteiger partial charge < -0.3 is 10.0 Å². The minimum absolute atomic E-state index is 0.132. The van der Waals surface area contributed by atoms with Crippen molar-refractivity contribution in [1.82, 2.24) is 4.90 Å². The SMILES string of the molecule is O=C1C(N2CCCC(O)(C(F)(F)F)C2)CCN1c1ccccc1F. The van der Waals surface area contributed by atoms with Gasteiger partial charge in [0.05, 0.1) is 11.7 Å². The predicted molar refractivity (Wildman–Crippen MR) is 79.0 cm³/mol. The monoisotopic (exact) mass is 346 g/mol. The number of benzene rings is 1. The van der Waals surface area contributed by atoms with Crippen molar-refractivity contribution in [2.24, 2.45) is 0 Å². The lowest BCUT2D eigenvalue weighted by molar-refractivity contribution is -0.275. The second-order valence-electron chi connectivity index (χ2n) is 6.35. The highest BCUT2D eigenvalue weighted by molar-refractivity contribution is 5.99. The first-order valence-electron chi connectivity index (χ1n) is 7.82. The molecule has 4 nitrogen and oxygen atoms in total. The van der Waals surface area contributed by atoms with Gasteiger partial charge >= 0.3 is 6.18 Å². The van der Waals surface area contributed by atoms with Crippen molar-refractivity contribution < 1.29 is 27.5 Å². The topological polar surface area (TPSA) is 43.8 Å². The van der Waals surface area contributed by atoms with E-state index in [0.29, 0.717) is 13.0 Å². The molecule has 1 aromatic carbocycles. The molecule has 2 heterocycles. The Kier molecular flexibility index (Phi) is 4.29. The number of carbonyl (C=O) groups excluding carboxylic acids is 1. The van der Waals surface area contributed by atoms with E-state index >= 15 is 0 Å². The average molecular weight is 346 g/mol. The Labute approximate surface area is 136 Å². The highest BCUT2D eigenvalue weighted by atomic mass is 19.4. The van der Waals surface area contributed by atoms with E-state index in [0.717, 1.165) is 0 Å². The van der Waals surface area contributed by atoms with E-state index in [2.05, 4.69) is 0 Å². The highest BCUT2D eigenvalue weighted by Crippen LogP contribution is 2.39. The summed E-state index contributed by atoms with van der Waals surface area (Å²) >= 11 is 0. The average Bonchev–Trinajstić information content (AvgIpc) is 2.88. The first-order chi connectivity index (χ1) is 11.2. The minimum atomic E-state index is -4.74. The molecule has 0 saturated carbocycles. The van der Waals surface area contributed by atoms with Crippen LogP contribution in [0, 0.1) is 5.82 Å². The maximum Gasteiger partial charge on any atom is 0.418 e. The molecule has 2 atom stereocenters. The molecular weight excluding hydrogens is 328 g/mol. The number of halogens is 4.